The first-order valence-corrected chi connectivity index (χ1v) is 6.74. The molecule has 0 saturated heterocycles. The van der Waals surface area contributed by atoms with Crippen LogP contribution in [0.15, 0.2) is 6.07 Å². The minimum absolute atomic E-state index is 0.799. The zero-order valence-corrected chi connectivity index (χ0v) is 11.7. The predicted molar refractivity (Wildman–Crippen MR) is 77.2 cm³/mol. The second-order valence-electron chi connectivity index (χ2n) is 4.35. The van der Waals surface area contributed by atoms with Gasteiger partial charge >= 0.3 is 0 Å². The fraction of sp³-hybridized carbons (Fsp3) is 0.692. The van der Waals surface area contributed by atoms with Crippen LogP contribution in [0.4, 0.5) is 11.6 Å². The molecule has 5 nitrogen and oxygen atoms in total. The van der Waals surface area contributed by atoms with E-state index >= 15 is 0 Å². The second kappa shape index (κ2) is 8.69. The van der Waals surface area contributed by atoms with Crippen molar-refractivity contribution in [1.29, 1.82) is 0 Å². The van der Waals surface area contributed by atoms with Crippen molar-refractivity contribution in [1.82, 2.24) is 15.3 Å². The van der Waals surface area contributed by atoms with Gasteiger partial charge in [0.1, 0.15) is 17.5 Å². The molecule has 0 aliphatic heterocycles. The largest absolute Gasteiger partial charge is 0.370 e. The first kappa shape index (κ1) is 14.7. The van der Waals surface area contributed by atoms with Gasteiger partial charge < -0.3 is 16.0 Å². The van der Waals surface area contributed by atoms with Gasteiger partial charge in [0.05, 0.1) is 0 Å². The van der Waals surface area contributed by atoms with Crippen LogP contribution in [0.5, 0.6) is 0 Å². The number of nitrogens with one attached hydrogen (secondary N) is 3. The van der Waals surface area contributed by atoms with Crippen molar-refractivity contribution >= 4 is 11.6 Å². The third-order valence-corrected chi connectivity index (χ3v) is 2.58. The third-order valence-electron chi connectivity index (χ3n) is 2.58. The van der Waals surface area contributed by atoms with Gasteiger partial charge in [-0.15, -0.1) is 0 Å². The van der Waals surface area contributed by atoms with Gasteiger partial charge in [0, 0.05) is 19.2 Å². The van der Waals surface area contributed by atoms with Crippen LogP contribution in [0.2, 0.25) is 0 Å². The molecule has 0 aromatic carbocycles. The number of aromatic nitrogens is 2. The van der Waals surface area contributed by atoms with Crippen LogP contribution in [-0.4, -0.2) is 36.6 Å². The summed E-state index contributed by atoms with van der Waals surface area (Å²) in [6.07, 6.45) is 3.43. The van der Waals surface area contributed by atoms with Crippen molar-refractivity contribution in [2.45, 2.75) is 33.1 Å². The summed E-state index contributed by atoms with van der Waals surface area (Å²) in [6, 6.07) is 1.97. The lowest BCUT2D eigenvalue weighted by molar-refractivity contribution is 0.746. The molecule has 0 bridgehead atoms. The van der Waals surface area contributed by atoms with Gasteiger partial charge in [-0.3, -0.25) is 0 Å². The van der Waals surface area contributed by atoms with Crippen LogP contribution in [0.1, 0.15) is 32.0 Å². The molecule has 0 spiro atoms. The molecule has 102 valence electrons. The minimum atomic E-state index is 0.799. The molecule has 18 heavy (non-hydrogen) atoms. The maximum absolute atomic E-state index is 4.38. The molecule has 1 heterocycles. The van der Waals surface area contributed by atoms with E-state index in [1.807, 2.05) is 20.0 Å². The smallest absolute Gasteiger partial charge is 0.131 e. The summed E-state index contributed by atoms with van der Waals surface area (Å²) in [6.45, 7) is 7.00. The van der Waals surface area contributed by atoms with Crippen LogP contribution in [0.3, 0.4) is 0 Å². The molecule has 1 aromatic rings. The molecule has 3 N–H and O–H groups in total. The van der Waals surface area contributed by atoms with Crippen LogP contribution in [0.25, 0.3) is 0 Å². The van der Waals surface area contributed by atoms with Crippen molar-refractivity contribution in [3.8, 4) is 0 Å². The normalized spacial score (nSPS) is 10.4. The Morgan fingerprint density at radius 2 is 1.61 bits per heavy atom. The maximum atomic E-state index is 4.38. The summed E-state index contributed by atoms with van der Waals surface area (Å²) in [5.74, 6) is 2.61. The Bertz CT molecular complexity index is 340. The van der Waals surface area contributed by atoms with E-state index in [0.29, 0.717) is 0 Å². The van der Waals surface area contributed by atoms with E-state index in [1.165, 1.54) is 6.42 Å². The zero-order valence-electron chi connectivity index (χ0n) is 11.7. The Hall–Kier alpha value is -1.36. The lowest BCUT2D eigenvalue weighted by Gasteiger charge is -2.09. The first-order valence-electron chi connectivity index (χ1n) is 6.74. The molecule has 0 unspecified atom stereocenters. The number of rotatable bonds is 9. The van der Waals surface area contributed by atoms with Crippen molar-refractivity contribution in [2.24, 2.45) is 0 Å². The molecule has 0 aliphatic carbocycles. The highest BCUT2D eigenvalue weighted by Gasteiger charge is 2.00. The van der Waals surface area contributed by atoms with E-state index in [-0.39, 0.29) is 0 Å². The molecule has 1 rings (SSSR count). The molecular formula is C13H25N5. The van der Waals surface area contributed by atoms with Crippen LogP contribution in [-0.2, 0) is 0 Å². The molecule has 0 fully saturated rings. The average Bonchev–Trinajstić information content (AvgIpc) is 2.34. The Morgan fingerprint density at radius 1 is 1.00 bits per heavy atom. The van der Waals surface area contributed by atoms with Crippen LogP contribution >= 0.6 is 0 Å². The lowest BCUT2D eigenvalue weighted by atomic mass is 10.3. The van der Waals surface area contributed by atoms with Gasteiger partial charge in [0.2, 0.25) is 0 Å². The molecule has 0 radical (unpaired) electrons. The quantitative estimate of drug-likeness (QED) is 0.586. The molecule has 0 atom stereocenters. The van der Waals surface area contributed by atoms with Crippen molar-refractivity contribution in [3.05, 3.63) is 11.9 Å². The zero-order chi connectivity index (χ0) is 13.2. The number of unbranched alkanes of at least 4 members (excludes halogenated alkanes) is 1. The highest BCUT2D eigenvalue weighted by atomic mass is 15.1. The minimum Gasteiger partial charge on any atom is -0.370 e. The lowest BCUT2D eigenvalue weighted by Crippen LogP contribution is -2.14. The van der Waals surface area contributed by atoms with Crippen LogP contribution < -0.4 is 16.0 Å². The Balaban J connectivity index is 2.46. The van der Waals surface area contributed by atoms with E-state index in [9.17, 15) is 0 Å². The standard InChI is InChI=1S/C13H25N5/c1-4-5-8-15-12-10-13(18-11(2)17-12)16-9-6-7-14-3/h10,14H,4-9H2,1-3H3,(H2,15,16,17,18). The summed E-state index contributed by atoms with van der Waals surface area (Å²) >= 11 is 0. The van der Waals surface area contributed by atoms with Gasteiger partial charge in [-0.2, -0.15) is 0 Å². The topological polar surface area (TPSA) is 61.9 Å². The van der Waals surface area contributed by atoms with Crippen molar-refractivity contribution in [3.63, 3.8) is 0 Å². The predicted octanol–water partition coefficient (Wildman–Crippen LogP) is 2.02. The summed E-state index contributed by atoms with van der Waals surface area (Å²) in [4.78, 5) is 8.75. The molecular weight excluding hydrogens is 226 g/mol. The van der Waals surface area contributed by atoms with E-state index in [0.717, 1.165) is 49.9 Å². The Kier molecular flexibility index (Phi) is 7.10. The number of nitrogens with zero attached hydrogens (tertiary/aromatic N) is 2. The fourth-order valence-corrected chi connectivity index (χ4v) is 1.62. The van der Waals surface area contributed by atoms with Gasteiger partial charge in [0.25, 0.3) is 0 Å². The van der Waals surface area contributed by atoms with Crippen LogP contribution in [0, 0.1) is 6.92 Å². The highest BCUT2D eigenvalue weighted by Crippen LogP contribution is 2.11. The summed E-state index contributed by atoms with van der Waals surface area (Å²) in [5, 5.41) is 9.77. The summed E-state index contributed by atoms with van der Waals surface area (Å²) in [7, 11) is 1.96. The first-order chi connectivity index (χ1) is 8.76. The Morgan fingerprint density at radius 3 is 2.17 bits per heavy atom. The number of hydrogen-bond donors (Lipinski definition) is 3. The Labute approximate surface area is 110 Å². The monoisotopic (exact) mass is 251 g/mol. The average molecular weight is 251 g/mol. The molecule has 0 amide bonds. The maximum Gasteiger partial charge on any atom is 0.131 e. The molecule has 0 aliphatic rings. The van der Waals surface area contributed by atoms with E-state index in [4.69, 9.17) is 0 Å². The van der Waals surface area contributed by atoms with Gasteiger partial charge in [0.15, 0.2) is 0 Å². The summed E-state index contributed by atoms with van der Waals surface area (Å²) < 4.78 is 0. The second-order valence-corrected chi connectivity index (χ2v) is 4.35. The van der Waals surface area contributed by atoms with Gasteiger partial charge in [-0.05, 0) is 33.4 Å². The number of hydrogen-bond acceptors (Lipinski definition) is 5. The van der Waals surface area contributed by atoms with Gasteiger partial charge in [-0.1, -0.05) is 13.3 Å². The van der Waals surface area contributed by atoms with E-state index in [2.05, 4.69) is 32.8 Å². The van der Waals surface area contributed by atoms with Crippen molar-refractivity contribution < 1.29 is 0 Å². The highest BCUT2D eigenvalue weighted by molar-refractivity contribution is 5.47. The molecule has 0 saturated carbocycles. The number of aryl methyl sites for hydroxylation is 1. The fourth-order valence-electron chi connectivity index (χ4n) is 1.62. The molecule has 1 aromatic heterocycles. The van der Waals surface area contributed by atoms with Gasteiger partial charge in [-0.25, -0.2) is 9.97 Å². The number of anilines is 2. The third kappa shape index (κ3) is 5.82. The SMILES string of the molecule is CCCCNc1cc(NCCCNC)nc(C)n1. The van der Waals surface area contributed by atoms with E-state index in [1.54, 1.807) is 0 Å². The van der Waals surface area contributed by atoms with E-state index < -0.39 is 0 Å². The summed E-state index contributed by atoms with van der Waals surface area (Å²) in [5.41, 5.74) is 0. The van der Waals surface area contributed by atoms with Crippen molar-refractivity contribution in [2.75, 3.05) is 37.3 Å². The molecule has 5 heteroatoms.